The molecule has 2 rings (SSSR count). The maximum Gasteiger partial charge on any atom is 0.311 e. The molecule has 0 spiro atoms. The number of aromatic nitrogens is 1. The van der Waals surface area contributed by atoms with Crippen LogP contribution < -0.4 is 9.47 Å². The smallest absolute Gasteiger partial charge is 0.311 e. The Bertz CT molecular complexity index is 665. The molecule has 1 heterocycles. The summed E-state index contributed by atoms with van der Waals surface area (Å²) in [6.45, 7) is 7.02. The summed E-state index contributed by atoms with van der Waals surface area (Å²) in [6, 6.07) is 11.3. The minimum absolute atomic E-state index is 0.185. The summed E-state index contributed by atoms with van der Waals surface area (Å²) in [5.41, 5.74) is 1.84. The van der Waals surface area contributed by atoms with Crippen molar-refractivity contribution in [2.75, 3.05) is 6.61 Å². The van der Waals surface area contributed by atoms with Crippen LogP contribution in [0.15, 0.2) is 42.6 Å². The predicted octanol–water partition coefficient (Wildman–Crippen LogP) is 5.66. The normalized spacial score (nSPS) is 11.8. The van der Waals surface area contributed by atoms with Crippen molar-refractivity contribution in [1.29, 1.82) is 0 Å². The molecule has 0 aliphatic rings. The molecule has 0 aliphatic carbocycles. The molecule has 4 heteroatoms. The monoisotopic (exact) mass is 355 g/mol. The van der Waals surface area contributed by atoms with Gasteiger partial charge in [-0.05, 0) is 48.7 Å². The van der Waals surface area contributed by atoms with Crippen molar-refractivity contribution >= 4 is 5.97 Å². The molecule has 1 aromatic carbocycles. The lowest BCUT2D eigenvalue weighted by molar-refractivity contribution is -0.135. The Morgan fingerprint density at radius 1 is 1.04 bits per heavy atom. The van der Waals surface area contributed by atoms with Crippen LogP contribution in [0.5, 0.6) is 11.5 Å². The quantitative estimate of drug-likeness (QED) is 0.313. The second-order valence-corrected chi connectivity index (χ2v) is 6.65. The molecule has 0 N–H and O–H groups in total. The number of esters is 1. The number of hydrogen-bond donors (Lipinski definition) is 0. The summed E-state index contributed by atoms with van der Waals surface area (Å²) in [4.78, 5) is 16.3. The fourth-order valence-corrected chi connectivity index (χ4v) is 2.47. The third kappa shape index (κ3) is 6.51. The number of carbonyl (C=O) groups excluding carboxylic acids is 1. The van der Waals surface area contributed by atoms with Gasteiger partial charge in [0.15, 0.2) is 0 Å². The Morgan fingerprint density at radius 3 is 2.38 bits per heavy atom. The standard InChI is InChI=1S/C22H29NO3/c1-4-6-7-14-25-20-12-13-21(23-16-20)18-8-10-19(11-9-18)26-22(24)15-17(3)5-2/h8-13,16-17H,4-7,14-15H2,1-3H3. The highest BCUT2D eigenvalue weighted by Gasteiger charge is 2.10. The molecule has 1 unspecified atom stereocenters. The van der Waals surface area contributed by atoms with Gasteiger partial charge >= 0.3 is 5.97 Å². The van der Waals surface area contributed by atoms with Crippen LogP contribution >= 0.6 is 0 Å². The third-order valence-electron chi connectivity index (χ3n) is 4.35. The van der Waals surface area contributed by atoms with E-state index in [4.69, 9.17) is 9.47 Å². The number of carbonyl (C=O) groups is 1. The fraction of sp³-hybridized carbons (Fsp3) is 0.455. The maximum atomic E-state index is 11.9. The Morgan fingerprint density at radius 2 is 1.77 bits per heavy atom. The molecule has 0 radical (unpaired) electrons. The van der Waals surface area contributed by atoms with E-state index in [1.807, 2.05) is 31.2 Å². The molecule has 0 fully saturated rings. The first kappa shape index (κ1) is 20.0. The van der Waals surface area contributed by atoms with E-state index < -0.39 is 0 Å². The van der Waals surface area contributed by atoms with Gasteiger partial charge in [-0.3, -0.25) is 9.78 Å². The van der Waals surface area contributed by atoms with Crippen molar-refractivity contribution in [2.45, 2.75) is 52.9 Å². The highest BCUT2D eigenvalue weighted by atomic mass is 16.5. The molecule has 0 bridgehead atoms. The van der Waals surface area contributed by atoms with Crippen molar-refractivity contribution in [3.05, 3.63) is 42.6 Å². The molecule has 0 aliphatic heterocycles. The summed E-state index contributed by atoms with van der Waals surface area (Å²) < 4.78 is 11.1. The van der Waals surface area contributed by atoms with E-state index in [0.717, 1.165) is 36.5 Å². The average Bonchev–Trinajstić information content (AvgIpc) is 2.66. The average molecular weight is 355 g/mol. The van der Waals surface area contributed by atoms with E-state index in [-0.39, 0.29) is 5.97 Å². The van der Waals surface area contributed by atoms with Gasteiger partial charge in [0, 0.05) is 12.0 Å². The van der Waals surface area contributed by atoms with Gasteiger partial charge in [0.25, 0.3) is 0 Å². The number of ether oxygens (including phenoxy) is 2. The first-order valence-electron chi connectivity index (χ1n) is 9.52. The van der Waals surface area contributed by atoms with E-state index in [1.54, 1.807) is 18.3 Å². The van der Waals surface area contributed by atoms with E-state index in [2.05, 4.69) is 18.8 Å². The second kappa shape index (κ2) is 10.6. The van der Waals surface area contributed by atoms with Crippen LogP contribution in [0.4, 0.5) is 0 Å². The summed E-state index contributed by atoms with van der Waals surface area (Å²) in [6.07, 6.45) is 6.59. The molecule has 1 atom stereocenters. The van der Waals surface area contributed by atoms with Gasteiger partial charge in [0.2, 0.25) is 0 Å². The van der Waals surface area contributed by atoms with Crippen molar-refractivity contribution in [3.8, 4) is 22.8 Å². The zero-order chi connectivity index (χ0) is 18.8. The van der Waals surface area contributed by atoms with Crippen LogP contribution in [0.3, 0.4) is 0 Å². The minimum Gasteiger partial charge on any atom is -0.492 e. The molecule has 4 nitrogen and oxygen atoms in total. The van der Waals surface area contributed by atoms with E-state index >= 15 is 0 Å². The first-order valence-corrected chi connectivity index (χ1v) is 9.52. The van der Waals surface area contributed by atoms with Crippen LogP contribution in [0.25, 0.3) is 11.3 Å². The van der Waals surface area contributed by atoms with Gasteiger partial charge < -0.3 is 9.47 Å². The molecular weight excluding hydrogens is 326 g/mol. The van der Waals surface area contributed by atoms with Gasteiger partial charge in [0.05, 0.1) is 18.5 Å². The van der Waals surface area contributed by atoms with Crippen LogP contribution in [0.1, 0.15) is 52.9 Å². The van der Waals surface area contributed by atoms with Crippen molar-refractivity contribution in [3.63, 3.8) is 0 Å². The number of benzene rings is 1. The summed E-state index contributed by atoms with van der Waals surface area (Å²) in [5, 5.41) is 0. The summed E-state index contributed by atoms with van der Waals surface area (Å²) in [5.74, 6) is 1.52. The van der Waals surface area contributed by atoms with Gasteiger partial charge in [0.1, 0.15) is 11.5 Å². The fourth-order valence-electron chi connectivity index (χ4n) is 2.47. The molecular formula is C22H29NO3. The predicted molar refractivity (Wildman–Crippen MR) is 104 cm³/mol. The van der Waals surface area contributed by atoms with Crippen LogP contribution in [-0.2, 0) is 4.79 Å². The number of nitrogens with zero attached hydrogens (tertiary/aromatic N) is 1. The number of unbranched alkanes of at least 4 members (excludes halogenated alkanes) is 2. The molecule has 0 amide bonds. The van der Waals surface area contributed by atoms with Crippen molar-refractivity contribution < 1.29 is 14.3 Å². The number of hydrogen-bond acceptors (Lipinski definition) is 4. The molecule has 1 aromatic heterocycles. The largest absolute Gasteiger partial charge is 0.492 e. The van der Waals surface area contributed by atoms with Gasteiger partial charge in [-0.25, -0.2) is 0 Å². The number of rotatable bonds is 10. The van der Waals surface area contributed by atoms with Gasteiger partial charge in [-0.2, -0.15) is 0 Å². The minimum atomic E-state index is -0.185. The molecule has 0 saturated carbocycles. The maximum absolute atomic E-state index is 11.9. The third-order valence-corrected chi connectivity index (χ3v) is 4.35. The van der Waals surface area contributed by atoms with Crippen LogP contribution in [0.2, 0.25) is 0 Å². The van der Waals surface area contributed by atoms with Crippen LogP contribution in [-0.4, -0.2) is 17.6 Å². The topological polar surface area (TPSA) is 48.4 Å². The Hall–Kier alpha value is -2.36. The Balaban J connectivity index is 1.90. The van der Waals surface area contributed by atoms with E-state index in [9.17, 15) is 4.79 Å². The van der Waals surface area contributed by atoms with Crippen LogP contribution in [0, 0.1) is 5.92 Å². The highest BCUT2D eigenvalue weighted by Crippen LogP contribution is 2.23. The van der Waals surface area contributed by atoms with Gasteiger partial charge in [-0.15, -0.1) is 0 Å². The highest BCUT2D eigenvalue weighted by molar-refractivity contribution is 5.73. The summed E-state index contributed by atoms with van der Waals surface area (Å²) >= 11 is 0. The van der Waals surface area contributed by atoms with Gasteiger partial charge in [-0.1, -0.05) is 40.0 Å². The second-order valence-electron chi connectivity index (χ2n) is 6.65. The van der Waals surface area contributed by atoms with E-state index in [0.29, 0.717) is 18.1 Å². The SMILES string of the molecule is CCCCCOc1ccc(-c2ccc(OC(=O)CC(C)CC)cc2)nc1. The van der Waals surface area contributed by atoms with Crippen molar-refractivity contribution in [1.82, 2.24) is 4.98 Å². The molecule has 0 saturated heterocycles. The first-order chi connectivity index (χ1) is 12.6. The molecule has 26 heavy (non-hydrogen) atoms. The Labute approximate surface area is 156 Å². The van der Waals surface area contributed by atoms with Crippen molar-refractivity contribution in [2.24, 2.45) is 5.92 Å². The molecule has 140 valence electrons. The lowest BCUT2D eigenvalue weighted by atomic mass is 10.1. The zero-order valence-corrected chi connectivity index (χ0v) is 16.0. The summed E-state index contributed by atoms with van der Waals surface area (Å²) in [7, 11) is 0. The molecule has 2 aromatic rings. The lowest BCUT2D eigenvalue weighted by Gasteiger charge is -2.09. The Kier molecular flexibility index (Phi) is 8.13. The number of pyridine rings is 1. The zero-order valence-electron chi connectivity index (χ0n) is 16.0. The van der Waals surface area contributed by atoms with E-state index in [1.165, 1.54) is 12.8 Å². The lowest BCUT2D eigenvalue weighted by Crippen LogP contribution is -2.11.